The van der Waals surface area contributed by atoms with Gasteiger partial charge in [0.25, 0.3) is 0 Å². The highest BCUT2D eigenvalue weighted by Crippen LogP contribution is 2.40. The highest BCUT2D eigenvalue weighted by Gasteiger charge is 2.41. The average molecular weight is 425 g/mol. The van der Waals surface area contributed by atoms with Crippen molar-refractivity contribution in [2.24, 2.45) is 5.92 Å². The van der Waals surface area contributed by atoms with Gasteiger partial charge < -0.3 is 0 Å². The molecule has 1 aromatic heterocycles. The molecular formula is C24H25FN2O2S. The van der Waals surface area contributed by atoms with Crippen LogP contribution in [0.25, 0.3) is 6.08 Å². The number of piperidine rings is 1. The van der Waals surface area contributed by atoms with Crippen molar-refractivity contribution in [3.8, 4) is 0 Å². The summed E-state index contributed by atoms with van der Waals surface area (Å²) in [5, 5.41) is 0.126. The fraction of sp³-hybridized carbons (Fsp3) is 0.375. The second kappa shape index (κ2) is 9.23. The number of nitrogens with zero attached hydrogens (tertiary/aromatic N) is 2. The van der Waals surface area contributed by atoms with E-state index >= 15 is 0 Å². The quantitative estimate of drug-likeness (QED) is 0.674. The summed E-state index contributed by atoms with van der Waals surface area (Å²) in [6.07, 6.45) is 8.07. The molecule has 0 spiro atoms. The molecule has 2 atom stereocenters. The van der Waals surface area contributed by atoms with E-state index in [1.54, 1.807) is 37.5 Å². The topological polar surface area (TPSA) is 50.3 Å². The lowest BCUT2D eigenvalue weighted by molar-refractivity contribution is -0.126. The van der Waals surface area contributed by atoms with Gasteiger partial charge in [-0.05, 0) is 42.5 Å². The number of hydrogen-bond acceptors (Lipinski definition) is 5. The standard InChI is InChI=1S/C24H25FN2O2S/c1-16(28)30-22-10-12-27(15-19(22)13-17-5-4-11-26-14-17)23(24(29)18-8-9-18)20-6-2-3-7-21(20)25/h2-7,11,13-14,18,22-23H,8-10,12,15H2,1H3/b19-13+. The van der Waals surface area contributed by atoms with E-state index in [1.165, 1.54) is 17.8 Å². The second-order valence-electron chi connectivity index (χ2n) is 7.96. The van der Waals surface area contributed by atoms with Gasteiger partial charge in [-0.3, -0.25) is 19.5 Å². The molecule has 2 unspecified atom stereocenters. The van der Waals surface area contributed by atoms with Gasteiger partial charge in [0.2, 0.25) is 0 Å². The van der Waals surface area contributed by atoms with Crippen LogP contribution in [0, 0.1) is 11.7 Å². The minimum absolute atomic E-state index is 0.0321. The molecule has 0 amide bonds. The summed E-state index contributed by atoms with van der Waals surface area (Å²) < 4.78 is 14.7. The third-order valence-electron chi connectivity index (χ3n) is 5.64. The van der Waals surface area contributed by atoms with Crippen molar-refractivity contribution < 1.29 is 14.0 Å². The maximum Gasteiger partial charge on any atom is 0.186 e. The Morgan fingerprint density at radius 2 is 2.00 bits per heavy atom. The van der Waals surface area contributed by atoms with Crippen LogP contribution in [0.15, 0.2) is 54.4 Å². The highest BCUT2D eigenvalue weighted by atomic mass is 32.2. The Hall–Kier alpha value is -2.31. The molecule has 4 nitrogen and oxygen atoms in total. The van der Waals surface area contributed by atoms with Crippen molar-refractivity contribution >= 4 is 28.7 Å². The number of rotatable bonds is 6. The first kappa shape index (κ1) is 20.9. The zero-order valence-electron chi connectivity index (χ0n) is 17.0. The second-order valence-corrected chi connectivity index (χ2v) is 9.34. The van der Waals surface area contributed by atoms with E-state index in [2.05, 4.69) is 16.0 Å². The zero-order valence-corrected chi connectivity index (χ0v) is 17.8. The van der Waals surface area contributed by atoms with E-state index in [-0.39, 0.29) is 27.9 Å². The molecule has 2 heterocycles. The molecule has 1 aliphatic heterocycles. The van der Waals surface area contributed by atoms with Crippen LogP contribution < -0.4 is 0 Å². The van der Waals surface area contributed by atoms with Crippen molar-refractivity contribution in [3.05, 3.63) is 71.3 Å². The molecule has 2 fully saturated rings. The van der Waals surface area contributed by atoms with E-state index < -0.39 is 6.04 Å². The average Bonchev–Trinajstić information content (AvgIpc) is 3.57. The third-order valence-corrected chi connectivity index (χ3v) is 6.79. The van der Waals surface area contributed by atoms with Gasteiger partial charge in [0, 0.05) is 49.1 Å². The van der Waals surface area contributed by atoms with Crippen molar-refractivity contribution in [1.29, 1.82) is 0 Å². The molecule has 0 bridgehead atoms. The Labute approximate surface area is 180 Å². The van der Waals surface area contributed by atoms with Crippen LogP contribution in [0.5, 0.6) is 0 Å². The molecule has 1 saturated carbocycles. The third kappa shape index (κ3) is 4.87. The fourth-order valence-electron chi connectivity index (χ4n) is 4.07. The lowest BCUT2D eigenvalue weighted by atomic mass is 9.93. The van der Waals surface area contributed by atoms with E-state index in [0.29, 0.717) is 18.7 Å². The number of Topliss-reactive ketones (excluding diaryl/α,β-unsaturated/α-hetero) is 1. The molecule has 4 rings (SSSR count). The molecule has 2 aliphatic rings. The largest absolute Gasteiger partial charge is 0.297 e. The zero-order chi connectivity index (χ0) is 21.1. The van der Waals surface area contributed by atoms with Crippen molar-refractivity contribution in [2.75, 3.05) is 13.1 Å². The Balaban J connectivity index is 1.67. The fourth-order valence-corrected chi connectivity index (χ4v) is 4.99. The van der Waals surface area contributed by atoms with Crippen LogP contribution in [0.3, 0.4) is 0 Å². The van der Waals surface area contributed by atoms with Crippen molar-refractivity contribution in [3.63, 3.8) is 0 Å². The molecule has 0 N–H and O–H groups in total. The minimum atomic E-state index is -0.584. The maximum atomic E-state index is 14.7. The monoisotopic (exact) mass is 424 g/mol. The van der Waals surface area contributed by atoms with E-state index in [1.807, 2.05) is 12.1 Å². The van der Waals surface area contributed by atoms with Crippen LogP contribution in [0.1, 0.15) is 43.4 Å². The van der Waals surface area contributed by atoms with Crippen LogP contribution >= 0.6 is 11.8 Å². The molecule has 1 saturated heterocycles. The SMILES string of the molecule is CC(=O)SC1CCN(C(C(=O)C2CC2)c2ccccc2F)C/C1=C\c1cccnc1. The van der Waals surface area contributed by atoms with Crippen molar-refractivity contribution in [1.82, 2.24) is 9.88 Å². The highest BCUT2D eigenvalue weighted by molar-refractivity contribution is 8.14. The number of ketones is 1. The van der Waals surface area contributed by atoms with Crippen molar-refractivity contribution in [2.45, 2.75) is 37.5 Å². The normalized spacial score (nSPS) is 22.1. The maximum absolute atomic E-state index is 14.7. The number of pyridine rings is 1. The van der Waals surface area contributed by atoms with Crippen LogP contribution in [-0.2, 0) is 9.59 Å². The van der Waals surface area contributed by atoms with Gasteiger partial charge in [-0.1, -0.05) is 42.1 Å². The molecular weight excluding hydrogens is 399 g/mol. The van der Waals surface area contributed by atoms with Gasteiger partial charge >= 0.3 is 0 Å². The lowest BCUT2D eigenvalue weighted by Gasteiger charge is -2.38. The molecule has 6 heteroatoms. The summed E-state index contributed by atoms with van der Waals surface area (Å²) >= 11 is 1.33. The predicted molar refractivity (Wildman–Crippen MR) is 117 cm³/mol. The number of aromatic nitrogens is 1. The molecule has 30 heavy (non-hydrogen) atoms. The molecule has 2 aromatic rings. The van der Waals surface area contributed by atoms with Gasteiger partial charge in [0.15, 0.2) is 10.9 Å². The van der Waals surface area contributed by atoms with Gasteiger partial charge in [-0.2, -0.15) is 0 Å². The van der Waals surface area contributed by atoms with E-state index in [9.17, 15) is 14.0 Å². The molecule has 0 radical (unpaired) electrons. The molecule has 1 aromatic carbocycles. The summed E-state index contributed by atoms with van der Waals surface area (Å²) in [4.78, 5) is 31.2. The summed E-state index contributed by atoms with van der Waals surface area (Å²) in [6.45, 7) is 2.75. The summed E-state index contributed by atoms with van der Waals surface area (Å²) in [7, 11) is 0. The Kier molecular flexibility index (Phi) is 6.44. The number of carbonyl (C=O) groups excluding carboxylic acids is 2. The Morgan fingerprint density at radius 3 is 2.67 bits per heavy atom. The van der Waals surface area contributed by atoms with Gasteiger partial charge in [0.05, 0.1) is 6.04 Å². The van der Waals surface area contributed by atoms with E-state index in [0.717, 1.165) is 30.4 Å². The van der Waals surface area contributed by atoms with Crippen LogP contribution in [-0.4, -0.2) is 39.1 Å². The van der Waals surface area contributed by atoms with Gasteiger partial charge in [-0.15, -0.1) is 0 Å². The first-order chi connectivity index (χ1) is 14.5. The number of carbonyl (C=O) groups is 2. The summed E-state index contributed by atoms with van der Waals surface area (Å²) in [6, 6.07) is 9.85. The first-order valence-electron chi connectivity index (χ1n) is 10.3. The summed E-state index contributed by atoms with van der Waals surface area (Å²) in [5.41, 5.74) is 2.48. The van der Waals surface area contributed by atoms with Crippen LogP contribution in [0.4, 0.5) is 4.39 Å². The predicted octanol–water partition coefficient (Wildman–Crippen LogP) is 4.68. The number of likely N-dealkylation sites (tertiary alicyclic amines) is 1. The van der Waals surface area contributed by atoms with E-state index in [4.69, 9.17) is 0 Å². The minimum Gasteiger partial charge on any atom is -0.297 e. The Bertz CT molecular complexity index is 959. The van der Waals surface area contributed by atoms with Gasteiger partial charge in [-0.25, -0.2) is 4.39 Å². The van der Waals surface area contributed by atoms with Gasteiger partial charge in [0.1, 0.15) is 5.82 Å². The smallest absolute Gasteiger partial charge is 0.186 e. The molecule has 156 valence electrons. The lowest BCUT2D eigenvalue weighted by Crippen LogP contribution is -2.43. The first-order valence-corrected chi connectivity index (χ1v) is 11.2. The number of benzene rings is 1. The summed E-state index contributed by atoms with van der Waals surface area (Å²) in [5.74, 6) is -0.197. The van der Waals surface area contributed by atoms with Crippen LogP contribution in [0.2, 0.25) is 0 Å². The number of hydrogen-bond donors (Lipinski definition) is 0. The number of halogens is 1. The Morgan fingerprint density at radius 1 is 1.20 bits per heavy atom. The molecule has 1 aliphatic carbocycles. The number of thioether (sulfide) groups is 1.